The number of carbonyl (C=O) groups excluding carboxylic acids is 1. The van der Waals surface area contributed by atoms with Crippen molar-refractivity contribution in [2.45, 2.75) is 38.8 Å². The Kier molecular flexibility index (Phi) is 6.02. The molecule has 0 bridgehead atoms. The van der Waals surface area contributed by atoms with Crippen molar-refractivity contribution in [1.29, 1.82) is 0 Å². The smallest absolute Gasteiger partial charge is 0.226 e. The minimum Gasteiger partial charge on any atom is -0.491 e. The third kappa shape index (κ3) is 5.36. The molecular weight excluding hydrogens is 268 g/mol. The molecule has 21 heavy (non-hydrogen) atoms. The molecule has 5 nitrogen and oxygen atoms in total. The number of nitrogens with one attached hydrogen (secondary N) is 2. The van der Waals surface area contributed by atoms with Crippen LogP contribution in [0.15, 0.2) is 24.3 Å². The molecule has 2 unspecified atom stereocenters. The molecule has 2 N–H and O–H groups in total. The third-order valence-corrected chi connectivity index (χ3v) is 3.46. The van der Waals surface area contributed by atoms with Crippen LogP contribution in [0.25, 0.3) is 0 Å². The molecule has 0 radical (unpaired) electrons. The number of carbonyl (C=O) groups is 1. The van der Waals surface area contributed by atoms with E-state index in [-0.39, 0.29) is 18.1 Å². The third-order valence-electron chi connectivity index (χ3n) is 3.46. The zero-order chi connectivity index (χ0) is 15.1. The molecule has 0 aliphatic carbocycles. The van der Waals surface area contributed by atoms with Gasteiger partial charge in [-0.1, -0.05) is 13.0 Å². The van der Waals surface area contributed by atoms with E-state index < -0.39 is 0 Å². The first-order chi connectivity index (χ1) is 10.2. The Hall–Kier alpha value is -1.59. The lowest BCUT2D eigenvalue weighted by Gasteiger charge is -2.23. The molecule has 1 aromatic carbocycles. The summed E-state index contributed by atoms with van der Waals surface area (Å²) in [6.07, 6.45) is 1.53. The van der Waals surface area contributed by atoms with E-state index in [2.05, 4.69) is 17.6 Å². The van der Waals surface area contributed by atoms with Gasteiger partial charge >= 0.3 is 0 Å². The highest BCUT2D eigenvalue weighted by Crippen LogP contribution is 2.19. The minimum atomic E-state index is -0.0151. The fourth-order valence-corrected chi connectivity index (χ4v) is 2.15. The summed E-state index contributed by atoms with van der Waals surface area (Å²) in [6, 6.07) is 7.60. The number of morpholine rings is 1. The maximum Gasteiger partial charge on any atom is 0.226 e. The Morgan fingerprint density at radius 3 is 3.14 bits per heavy atom. The van der Waals surface area contributed by atoms with Gasteiger partial charge in [0, 0.05) is 30.8 Å². The summed E-state index contributed by atoms with van der Waals surface area (Å²) in [5.74, 6) is 0.764. The first kappa shape index (κ1) is 15.8. The van der Waals surface area contributed by atoms with E-state index in [0.717, 1.165) is 24.4 Å². The lowest BCUT2D eigenvalue weighted by molar-refractivity contribution is -0.117. The van der Waals surface area contributed by atoms with Gasteiger partial charge < -0.3 is 20.1 Å². The largest absolute Gasteiger partial charge is 0.491 e. The van der Waals surface area contributed by atoms with E-state index in [0.29, 0.717) is 19.6 Å². The lowest BCUT2D eigenvalue weighted by Crippen LogP contribution is -2.43. The average Bonchev–Trinajstić information content (AvgIpc) is 2.48. The number of ether oxygens (including phenoxy) is 2. The van der Waals surface area contributed by atoms with Gasteiger partial charge in [0.05, 0.1) is 19.3 Å². The SMILES string of the molecule is CCC(C)Oc1cccc(NC(=O)CC2COCCN2)c1. The number of hydrogen-bond acceptors (Lipinski definition) is 4. The second-order valence-electron chi connectivity index (χ2n) is 5.34. The maximum atomic E-state index is 12.0. The van der Waals surface area contributed by atoms with Crippen LogP contribution < -0.4 is 15.4 Å². The standard InChI is InChI=1S/C16H24N2O3/c1-3-12(2)21-15-6-4-5-13(9-15)18-16(19)10-14-11-20-8-7-17-14/h4-6,9,12,14,17H,3,7-8,10-11H2,1-2H3,(H,18,19). The zero-order valence-corrected chi connectivity index (χ0v) is 12.7. The Labute approximate surface area is 126 Å². The predicted octanol–water partition coefficient (Wildman–Crippen LogP) is 2.18. The van der Waals surface area contributed by atoms with E-state index >= 15 is 0 Å². The van der Waals surface area contributed by atoms with Crippen LogP contribution in [0.4, 0.5) is 5.69 Å². The van der Waals surface area contributed by atoms with Crippen molar-refractivity contribution in [3.05, 3.63) is 24.3 Å². The summed E-state index contributed by atoms with van der Waals surface area (Å²) in [6.45, 7) is 6.21. The van der Waals surface area contributed by atoms with Crippen molar-refractivity contribution in [2.24, 2.45) is 0 Å². The normalized spacial score (nSPS) is 19.8. The summed E-state index contributed by atoms with van der Waals surface area (Å²) in [4.78, 5) is 12.0. The van der Waals surface area contributed by atoms with Crippen molar-refractivity contribution < 1.29 is 14.3 Å². The van der Waals surface area contributed by atoms with Crippen molar-refractivity contribution >= 4 is 11.6 Å². The zero-order valence-electron chi connectivity index (χ0n) is 12.7. The summed E-state index contributed by atoms with van der Waals surface area (Å²) < 4.78 is 11.1. The van der Waals surface area contributed by atoms with Crippen molar-refractivity contribution in [2.75, 3.05) is 25.1 Å². The summed E-state index contributed by atoms with van der Waals surface area (Å²) in [5.41, 5.74) is 0.762. The molecule has 5 heteroatoms. The van der Waals surface area contributed by atoms with Crippen molar-refractivity contribution in [1.82, 2.24) is 5.32 Å². The lowest BCUT2D eigenvalue weighted by atomic mass is 10.2. The molecule has 1 fully saturated rings. The van der Waals surface area contributed by atoms with Crippen molar-refractivity contribution in [3.63, 3.8) is 0 Å². The van der Waals surface area contributed by atoms with E-state index in [1.807, 2.05) is 31.2 Å². The number of rotatable bonds is 6. The van der Waals surface area contributed by atoms with Gasteiger partial charge in [-0.3, -0.25) is 4.79 Å². The van der Waals surface area contributed by atoms with Crippen LogP contribution in [0.1, 0.15) is 26.7 Å². The molecule has 1 aromatic rings. The highest BCUT2D eigenvalue weighted by atomic mass is 16.5. The van der Waals surface area contributed by atoms with Gasteiger partial charge in [0.1, 0.15) is 5.75 Å². The number of amides is 1. The highest BCUT2D eigenvalue weighted by Gasteiger charge is 2.17. The van der Waals surface area contributed by atoms with Gasteiger partial charge in [-0.15, -0.1) is 0 Å². The van der Waals surface area contributed by atoms with Gasteiger partial charge in [0.25, 0.3) is 0 Å². The Morgan fingerprint density at radius 2 is 2.43 bits per heavy atom. The maximum absolute atomic E-state index is 12.0. The highest BCUT2D eigenvalue weighted by molar-refractivity contribution is 5.91. The molecule has 0 spiro atoms. The summed E-state index contributed by atoms with van der Waals surface area (Å²) in [7, 11) is 0. The predicted molar refractivity (Wildman–Crippen MR) is 82.7 cm³/mol. The molecular formula is C16H24N2O3. The van der Waals surface area contributed by atoms with Crippen LogP contribution in [0.2, 0.25) is 0 Å². The van der Waals surface area contributed by atoms with Crippen molar-refractivity contribution in [3.8, 4) is 5.75 Å². The first-order valence-electron chi connectivity index (χ1n) is 7.55. The molecule has 1 saturated heterocycles. The van der Waals surface area contributed by atoms with Gasteiger partial charge in [-0.25, -0.2) is 0 Å². The summed E-state index contributed by atoms with van der Waals surface area (Å²) in [5, 5.41) is 6.18. The second-order valence-corrected chi connectivity index (χ2v) is 5.34. The van der Waals surface area contributed by atoms with Crippen LogP contribution in [-0.4, -0.2) is 37.8 Å². The van der Waals surface area contributed by atoms with E-state index in [1.165, 1.54) is 0 Å². The minimum absolute atomic E-state index is 0.0151. The molecule has 2 atom stereocenters. The van der Waals surface area contributed by atoms with Crippen LogP contribution in [-0.2, 0) is 9.53 Å². The van der Waals surface area contributed by atoms with Gasteiger partial charge in [0.15, 0.2) is 0 Å². The second kappa shape index (κ2) is 8.00. The molecule has 1 heterocycles. The van der Waals surface area contributed by atoms with E-state index in [4.69, 9.17) is 9.47 Å². The quantitative estimate of drug-likeness (QED) is 0.844. The van der Waals surface area contributed by atoms with Gasteiger partial charge in [-0.05, 0) is 25.5 Å². The number of anilines is 1. The monoisotopic (exact) mass is 292 g/mol. The molecule has 2 rings (SSSR count). The number of hydrogen-bond donors (Lipinski definition) is 2. The topological polar surface area (TPSA) is 59.6 Å². The Balaban J connectivity index is 1.86. The first-order valence-corrected chi connectivity index (χ1v) is 7.55. The molecule has 0 saturated carbocycles. The van der Waals surface area contributed by atoms with Crippen LogP contribution in [0, 0.1) is 0 Å². The molecule has 1 aliphatic rings. The van der Waals surface area contributed by atoms with E-state index in [1.54, 1.807) is 0 Å². The number of benzene rings is 1. The average molecular weight is 292 g/mol. The molecule has 116 valence electrons. The molecule has 1 aliphatic heterocycles. The fourth-order valence-electron chi connectivity index (χ4n) is 2.15. The molecule has 1 amide bonds. The Morgan fingerprint density at radius 1 is 1.57 bits per heavy atom. The van der Waals surface area contributed by atoms with Crippen LogP contribution >= 0.6 is 0 Å². The molecule has 0 aromatic heterocycles. The van der Waals surface area contributed by atoms with Crippen LogP contribution in [0.3, 0.4) is 0 Å². The Bertz CT molecular complexity index is 459. The summed E-state index contributed by atoms with van der Waals surface area (Å²) >= 11 is 0. The van der Waals surface area contributed by atoms with E-state index in [9.17, 15) is 4.79 Å². The fraction of sp³-hybridized carbons (Fsp3) is 0.562. The van der Waals surface area contributed by atoms with Gasteiger partial charge in [0.2, 0.25) is 5.91 Å². The van der Waals surface area contributed by atoms with Crippen LogP contribution in [0.5, 0.6) is 5.75 Å². The van der Waals surface area contributed by atoms with Gasteiger partial charge in [-0.2, -0.15) is 0 Å².